The van der Waals surface area contributed by atoms with E-state index in [1.54, 1.807) is 0 Å². The van der Waals surface area contributed by atoms with Crippen LogP contribution in [-0.4, -0.2) is 35.7 Å². The Kier molecular flexibility index (Phi) is 8.20. The van der Waals surface area contributed by atoms with Crippen LogP contribution in [-0.2, 0) is 9.53 Å². The van der Waals surface area contributed by atoms with Crippen molar-refractivity contribution in [1.82, 2.24) is 5.32 Å². The van der Waals surface area contributed by atoms with Gasteiger partial charge in [0.2, 0.25) is 0 Å². The molecule has 0 amide bonds. The molecular weight excluding hydrogens is 371 g/mol. The lowest BCUT2D eigenvalue weighted by Crippen LogP contribution is -2.35. The monoisotopic (exact) mass is 402 g/mol. The van der Waals surface area contributed by atoms with Crippen molar-refractivity contribution in [3.05, 3.63) is 11.6 Å². The van der Waals surface area contributed by atoms with Gasteiger partial charge in [-0.1, -0.05) is 31.9 Å². The number of halogens is 1. The molecule has 0 bridgehead atoms. The van der Waals surface area contributed by atoms with Crippen LogP contribution in [0.1, 0.15) is 46.0 Å². The molecule has 4 unspecified atom stereocenters. The summed E-state index contributed by atoms with van der Waals surface area (Å²) in [6.07, 6.45) is 4.69. The van der Waals surface area contributed by atoms with Gasteiger partial charge >= 0.3 is 5.97 Å². The van der Waals surface area contributed by atoms with Gasteiger partial charge in [-0.05, 0) is 61.4 Å². The van der Waals surface area contributed by atoms with Crippen LogP contribution in [0.3, 0.4) is 0 Å². The van der Waals surface area contributed by atoms with E-state index < -0.39 is 6.17 Å². The first-order valence-electron chi connectivity index (χ1n) is 9.53. The molecule has 7 heteroatoms. The zero-order valence-corrected chi connectivity index (χ0v) is 17.3. The maximum absolute atomic E-state index is 14.9. The molecule has 3 N–H and O–H groups in total. The van der Waals surface area contributed by atoms with Crippen LogP contribution in [0.5, 0.6) is 0 Å². The summed E-state index contributed by atoms with van der Waals surface area (Å²) in [5.41, 5.74) is 6.46. The van der Waals surface area contributed by atoms with Gasteiger partial charge in [0.25, 0.3) is 0 Å². The van der Waals surface area contributed by atoms with E-state index in [4.69, 9.17) is 22.7 Å². The number of esters is 1. The van der Waals surface area contributed by atoms with E-state index >= 15 is 0 Å². The number of carbonyl (C=O) groups excluding carboxylic acids is 1. The largest absolute Gasteiger partial charge is 0.460 e. The van der Waals surface area contributed by atoms with Crippen molar-refractivity contribution < 1.29 is 13.9 Å². The highest BCUT2D eigenvalue weighted by molar-refractivity contribution is 7.80. The van der Waals surface area contributed by atoms with Crippen LogP contribution >= 0.6 is 24.8 Å². The predicted molar refractivity (Wildman–Crippen MR) is 110 cm³/mol. The Morgan fingerprint density at radius 2 is 2.31 bits per heavy atom. The molecule has 2 rings (SSSR count). The number of thiol groups is 1. The van der Waals surface area contributed by atoms with E-state index in [9.17, 15) is 9.18 Å². The van der Waals surface area contributed by atoms with Crippen LogP contribution in [0.2, 0.25) is 0 Å². The van der Waals surface area contributed by atoms with Crippen molar-refractivity contribution in [3.63, 3.8) is 0 Å². The Morgan fingerprint density at radius 1 is 1.58 bits per heavy atom. The van der Waals surface area contributed by atoms with Gasteiger partial charge in [0, 0.05) is 0 Å². The number of nitrogens with one attached hydrogen (secondary N) is 1. The molecule has 6 atom stereocenters. The Labute approximate surface area is 166 Å². The zero-order valence-electron chi connectivity index (χ0n) is 15.6. The Hall–Kier alpha value is -0.820. The van der Waals surface area contributed by atoms with Crippen LogP contribution < -0.4 is 11.1 Å². The zero-order chi connectivity index (χ0) is 19.3. The minimum atomic E-state index is -0.848. The fourth-order valence-corrected chi connectivity index (χ4v) is 4.94. The van der Waals surface area contributed by atoms with Gasteiger partial charge in [0.1, 0.15) is 12.3 Å². The van der Waals surface area contributed by atoms with Crippen LogP contribution in [0.4, 0.5) is 4.39 Å². The third-order valence-corrected chi connectivity index (χ3v) is 6.13. The minimum absolute atomic E-state index is 0.0499. The summed E-state index contributed by atoms with van der Waals surface area (Å²) in [4.78, 5) is 12.1. The molecule has 0 saturated carbocycles. The first-order chi connectivity index (χ1) is 12.3. The van der Waals surface area contributed by atoms with Gasteiger partial charge in [0.15, 0.2) is 5.11 Å². The minimum Gasteiger partial charge on any atom is -0.460 e. The number of rotatable bonds is 8. The molecule has 0 aromatic carbocycles. The number of carbonyl (C=O) groups is 1. The van der Waals surface area contributed by atoms with Crippen LogP contribution in [0.15, 0.2) is 11.6 Å². The molecule has 1 aliphatic heterocycles. The standard InChI is InChI=1S/C19H31FN2O2S2/c1-3-13(4-5-25)17-11(2)6-12(8-16(17)20)7-14-9-15(24-18(14)23)10-22-19(21)26/h6,11,13-17,25H,3-5,7-10H2,1-2H3,(H3,21,22,26)/t11?,13-,14?,15-,16?,17?/m1/s1. The summed E-state index contributed by atoms with van der Waals surface area (Å²) < 4.78 is 20.3. The Morgan fingerprint density at radius 3 is 2.88 bits per heavy atom. The van der Waals surface area contributed by atoms with Crippen molar-refractivity contribution in [1.29, 1.82) is 0 Å². The SMILES string of the molecule is CC[C@H](CCS)C1C(C)C=C(CC2C[C@H](CNC(N)=S)OC2=O)CC1F. The predicted octanol–water partition coefficient (Wildman–Crippen LogP) is 3.41. The normalized spacial score (nSPS) is 32.7. The average Bonchev–Trinajstić information content (AvgIpc) is 2.91. The van der Waals surface area contributed by atoms with Crippen molar-refractivity contribution in [2.45, 2.75) is 58.2 Å². The lowest BCUT2D eigenvalue weighted by Gasteiger charge is -2.37. The highest BCUT2D eigenvalue weighted by Crippen LogP contribution is 2.41. The maximum Gasteiger partial charge on any atom is 0.309 e. The van der Waals surface area contributed by atoms with Crippen LogP contribution in [0, 0.1) is 23.7 Å². The Balaban J connectivity index is 1.96. The summed E-state index contributed by atoms with van der Waals surface area (Å²) in [7, 11) is 0. The lowest BCUT2D eigenvalue weighted by molar-refractivity contribution is -0.144. The van der Waals surface area contributed by atoms with Gasteiger partial charge in [-0.2, -0.15) is 12.6 Å². The van der Waals surface area contributed by atoms with Gasteiger partial charge < -0.3 is 15.8 Å². The molecule has 0 radical (unpaired) electrons. The number of cyclic esters (lactones) is 1. The highest BCUT2D eigenvalue weighted by atomic mass is 32.1. The van der Waals surface area contributed by atoms with Gasteiger partial charge in [-0.25, -0.2) is 4.39 Å². The molecule has 0 aromatic heterocycles. The number of thiocarbonyl (C=S) groups is 1. The lowest BCUT2D eigenvalue weighted by atomic mass is 9.70. The molecule has 2 aliphatic rings. The van der Waals surface area contributed by atoms with E-state index in [0.29, 0.717) is 31.7 Å². The van der Waals surface area contributed by atoms with Crippen molar-refractivity contribution in [3.8, 4) is 0 Å². The maximum atomic E-state index is 14.9. The van der Waals surface area contributed by atoms with E-state index in [2.05, 4.69) is 37.9 Å². The second-order valence-corrected chi connectivity index (χ2v) is 8.49. The molecule has 4 nitrogen and oxygen atoms in total. The van der Waals surface area contributed by atoms with E-state index in [1.165, 1.54) is 0 Å². The van der Waals surface area contributed by atoms with Gasteiger partial charge in [0.05, 0.1) is 12.5 Å². The number of alkyl halides is 1. The first kappa shape index (κ1) is 21.5. The topological polar surface area (TPSA) is 64.3 Å². The first-order valence-corrected chi connectivity index (χ1v) is 10.6. The molecule has 0 spiro atoms. The quantitative estimate of drug-likeness (QED) is 0.251. The molecule has 1 saturated heterocycles. The van der Waals surface area contributed by atoms with Crippen molar-refractivity contribution in [2.24, 2.45) is 29.4 Å². The molecule has 1 heterocycles. The molecule has 148 valence electrons. The fourth-order valence-electron chi connectivity index (χ4n) is 4.52. The molecule has 1 aliphatic carbocycles. The van der Waals surface area contributed by atoms with Crippen molar-refractivity contribution in [2.75, 3.05) is 12.3 Å². The molecule has 0 aromatic rings. The summed E-state index contributed by atoms with van der Waals surface area (Å²) >= 11 is 9.10. The van der Waals surface area contributed by atoms with E-state index in [0.717, 1.165) is 24.2 Å². The second-order valence-electron chi connectivity index (χ2n) is 7.60. The summed E-state index contributed by atoms with van der Waals surface area (Å²) in [6.45, 7) is 4.66. The van der Waals surface area contributed by atoms with E-state index in [1.807, 2.05) is 0 Å². The average molecular weight is 403 g/mol. The van der Waals surface area contributed by atoms with E-state index in [-0.39, 0.29) is 34.9 Å². The fraction of sp³-hybridized carbons (Fsp3) is 0.789. The van der Waals surface area contributed by atoms with Gasteiger partial charge in [-0.3, -0.25) is 4.79 Å². The smallest absolute Gasteiger partial charge is 0.309 e. The summed E-state index contributed by atoms with van der Waals surface area (Å²) in [6, 6.07) is 0. The van der Waals surface area contributed by atoms with Gasteiger partial charge in [-0.15, -0.1) is 0 Å². The number of allylic oxidation sites excluding steroid dienone is 2. The van der Waals surface area contributed by atoms with Crippen LogP contribution in [0.25, 0.3) is 0 Å². The number of hydrogen-bond donors (Lipinski definition) is 3. The molecular formula is C19H31FN2O2S2. The van der Waals surface area contributed by atoms with Crippen molar-refractivity contribution >= 4 is 35.9 Å². The summed E-state index contributed by atoms with van der Waals surface area (Å²) in [5, 5.41) is 3.03. The third kappa shape index (κ3) is 5.59. The molecule has 1 fully saturated rings. The third-order valence-electron chi connectivity index (χ3n) is 5.73. The second kappa shape index (κ2) is 9.93. The number of ether oxygens (including phenoxy) is 1. The number of nitrogens with two attached hydrogens (primary N) is 1. The summed E-state index contributed by atoms with van der Waals surface area (Å²) in [5.74, 6) is 0.988. The number of hydrogen-bond acceptors (Lipinski definition) is 4. The molecule has 26 heavy (non-hydrogen) atoms. The highest BCUT2D eigenvalue weighted by Gasteiger charge is 2.39. The Bertz CT molecular complexity index is 544.